The van der Waals surface area contributed by atoms with E-state index in [0.29, 0.717) is 6.61 Å². The summed E-state index contributed by atoms with van der Waals surface area (Å²) in [5.74, 6) is 0.846. The number of rotatable bonds is 5. The Bertz CT molecular complexity index is 1050. The van der Waals surface area contributed by atoms with Gasteiger partial charge < -0.3 is 9.64 Å². The minimum absolute atomic E-state index is 0. The molecular formula is C25H25Cl3N2O. The Morgan fingerprint density at radius 2 is 1.65 bits per heavy atom. The van der Waals surface area contributed by atoms with E-state index in [-0.39, 0.29) is 24.8 Å². The Morgan fingerprint density at radius 1 is 0.935 bits per heavy atom. The fourth-order valence-electron chi connectivity index (χ4n) is 3.35. The smallest absolute Gasteiger partial charge is 0.127 e. The summed E-state index contributed by atoms with van der Waals surface area (Å²) in [6.07, 6.45) is 4.17. The number of benzene rings is 3. The summed E-state index contributed by atoms with van der Waals surface area (Å²) < 4.78 is 6.07. The monoisotopic (exact) mass is 474 g/mol. The van der Waals surface area contributed by atoms with Crippen LogP contribution in [0.2, 0.25) is 5.02 Å². The number of para-hydroxylation sites is 2. The number of allylic oxidation sites excluding steroid dienone is 1. The van der Waals surface area contributed by atoms with Crippen LogP contribution in [0.1, 0.15) is 16.7 Å². The minimum Gasteiger partial charge on any atom is -0.488 e. The van der Waals surface area contributed by atoms with Gasteiger partial charge in [-0.3, -0.25) is 4.99 Å². The highest BCUT2D eigenvalue weighted by Gasteiger charge is 2.13. The van der Waals surface area contributed by atoms with Gasteiger partial charge in [0.05, 0.1) is 12.3 Å². The van der Waals surface area contributed by atoms with Gasteiger partial charge in [0, 0.05) is 35.4 Å². The van der Waals surface area contributed by atoms with Crippen molar-refractivity contribution in [3.8, 4) is 5.75 Å². The highest BCUT2D eigenvalue weighted by Crippen LogP contribution is 2.25. The molecule has 0 N–H and O–H groups in total. The van der Waals surface area contributed by atoms with Gasteiger partial charge >= 0.3 is 0 Å². The molecule has 0 atom stereocenters. The summed E-state index contributed by atoms with van der Waals surface area (Å²) in [7, 11) is 2.11. The molecule has 0 bridgehead atoms. The Morgan fingerprint density at radius 3 is 2.45 bits per heavy atom. The number of ether oxygens (including phenoxy) is 1. The Kier molecular flexibility index (Phi) is 9.44. The largest absolute Gasteiger partial charge is 0.488 e. The Hall–Kier alpha value is -2.46. The van der Waals surface area contributed by atoms with Crippen LogP contribution in [0.15, 0.2) is 83.9 Å². The van der Waals surface area contributed by atoms with Crippen LogP contribution in [0, 0.1) is 0 Å². The van der Waals surface area contributed by atoms with E-state index in [2.05, 4.69) is 54.4 Å². The van der Waals surface area contributed by atoms with Crippen molar-refractivity contribution < 1.29 is 4.74 Å². The molecule has 6 heteroatoms. The summed E-state index contributed by atoms with van der Waals surface area (Å²) in [6.45, 7) is 2.19. The maximum Gasteiger partial charge on any atom is 0.127 e. The lowest BCUT2D eigenvalue weighted by Crippen LogP contribution is -2.20. The maximum atomic E-state index is 6.07. The zero-order chi connectivity index (χ0) is 20.1. The number of anilines is 1. The zero-order valence-corrected chi connectivity index (χ0v) is 19.6. The van der Waals surface area contributed by atoms with Crippen molar-refractivity contribution in [3.63, 3.8) is 0 Å². The van der Waals surface area contributed by atoms with Crippen LogP contribution in [0.3, 0.4) is 0 Å². The third-order valence-electron chi connectivity index (χ3n) is 4.96. The Labute approximate surface area is 201 Å². The van der Waals surface area contributed by atoms with Crippen molar-refractivity contribution in [2.45, 2.75) is 6.61 Å². The molecular weight excluding hydrogens is 451 g/mol. The molecule has 0 aliphatic carbocycles. The van der Waals surface area contributed by atoms with Gasteiger partial charge in [-0.25, -0.2) is 0 Å². The van der Waals surface area contributed by atoms with Crippen molar-refractivity contribution in [3.05, 3.63) is 101 Å². The number of fused-ring (bicyclic) bond motifs is 1. The molecule has 0 aromatic heterocycles. The van der Waals surface area contributed by atoms with Crippen molar-refractivity contribution in [2.75, 3.05) is 25.0 Å². The predicted octanol–water partition coefficient (Wildman–Crippen LogP) is 6.71. The van der Waals surface area contributed by atoms with E-state index >= 15 is 0 Å². The first-order valence-corrected chi connectivity index (χ1v) is 10.1. The summed E-state index contributed by atoms with van der Waals surface area (Å²) >= 11 is 5.96. The first kappa shape index (κ1) is 24.8. The lowest BCUT2D eigenvalue weighted by atomic mass is 10.1. The molecule has 0 saturated heterocycles. The van der Waals surface area contributed by atoms with Gasteiger partial charge in [0.1, 0.15) is 12.4 Å². The second kappa shape index (κ2) is 11.8. The number of hydrogen-bond acceptors (Lipinski definition) is 3. The number of benzodiazepines with no additional fused rings is 1. The summed E-state index contributed by atoms with van der Waals surface area (Å²) in [4.78, 5) is 7.05. The lowest BCUT2D eigenvalue weighted by Gasteiger charge is -2.18. The van der Waals surface area contributed by atoms with Crippen LogP contribution < -0.4 is 9.64 Å². The predicted molar refractivity (Wildman–Crippen MR) is 137 cm³/mol. The van der Waals surface area contributed by atoms with Gasteiger partial charge in [-0.15, -0.1) is 24.8 Å². The lowest BCUT2D eigenvalue weighted by molar-refractivity contribution is 0.305. The van der Waals surface area contributed by atoms with Crippen molar-refractivity contribution >= 4 is 53.9 Å². The normalized spacial score (nSPS) is 12.8. The van der Waals surface area contributed by atoms with Crippen molar-refractivity contribution in [1.82, 2.24) is 0 Å². The number of likely N-dealkylation sites (N-methyl/N-ethyl adjacent to an activating group) is 1. The maximum absolute atomic E-state index is 6.07. The SMILES string of the molecule is CN1CCN=C(C=Cc2ccccc2OCc2ccc(Cl)cc2)c2ccccc21.Cl.Cl. The van der Waals surface area contributed by atoms with Crippen LogP contribution in [-0.2, 0) is 6.61 Å². The first-order valence-electron chi connectivity index (χ1n) is 9.70. The highest BCUT2D eigenvalue weighted by molar-refractivity contribution is 6.30. The fraction of sp³-hybridized carbons (Fsp3) is 0.160. The number of nitrogens with zero attached hydrogens (tertiary/aromatic N) is 2. The molecule has 4 rings (SSSR count). The van der Waals surface area contributed by atoms with Crippen LogP contribution in [0.5, 0.6) is 5.75 Å². The van der Waals surface area contributed by atoms with E-state index in [1.807, 2.05) is 42.5 Å². The first-order chi connectivity index (χ1) is 14.2. The quantitative estimate of drug-likeness (QED) is 0.409. The van der Waals surface area contributed by atoms with E-state index in [1.165, 1.54) is 5.69 Å². The van der Waals surface area contributed by atoms with Gasteiger partial charge in [0.25, 0.3) is 0 Å². The number of halogens is 3. The zero-order valence-electron chi connectivity index (χ0n) is 17.2. The average Bonchev–Trinajstić information content (AvgIpc) is 2.91. The number of aliphatic imine (C=N–C) groups is 1. The highest BCUT2D eigenvalue weighted by atomic mass is 35.5. The second-order valence-electron chi connectivity index (χ2n) is 6.99. The molecule has 3 aromatic rings. The van der Waals surface area contributed by atoms with Crippen LogP contribution >= 0.6 is 36.4 Å². The van der Waals surface area contributed by atoms with Crippen LogP contribution in [-0.4, -0.2) is 25.8 Å². The van der Waals surface area contributed by atoms with E-state index in [1.54, 1.807) is 0 Å². The van der Waals surface area contributed by atoms with Crippen molar-refractivity contribution in [1.29, 1.82) is 0 Å². The van der Waals surface area contributed by atoms with Crippen LogP contribution in [0.25, 0.3) is 6.08 Å². The van der Waals surface area contributed by atoms with Crippen molar-refractivity contribution in [2.24, 2.45) is 4.99 Å². The van der Waals surface area contributed by atoms with Gasteiger partial charge in [-0.05, 0) is 42.0 Å². The topological polar surface area (TPSA) is 24.8 Å². The van der Waals surface area contributed by atoms with Gasteiger partial charge in [-0.1, -0.05) is 60.1 Å². The van der Waals surface area contributed by atoms with Gasteiger partial charge in [-0.2, -0.15) is 0 Å². The molecule has 31 heavy (non-hydrogen) atoms. The van der Waals surface area contributed by atoms with E-state index < -0.39 is 0 Å². The van der Waals surface area contributed by atoms with Gasteiger partial charge in [0.2, 0.25) is 0 Å². The summed E-state index contributed by atoms with van der Waals surface area (Å²) in [5, 5.41) is 0.729. The molecule has 0 amide bonds. The number of hydrogen-bond donors (Lipinski definition) is 0. The molecule has 3 nitrogen and oxygen atoms in total. The molecule has 0 saturated carbocycles. The fourth-order valence-corrected chi connectivity index (χ4v) is 3.48. The molecule has 0 radical (unpaired) electrons. The van der Waals surface area contributed by atoms with E-state index in [0.717, 1.165) is 46.3 Å². The molecule has 1 aliphatic heterocycles. The summed E-state index contributed by atoms with van der Waals surface area (Å²) in [6, 6.07) is 24.2. The molecule has 0 fully saturated rings. The third-order valence-corrected chi connectivity index (χ3v) is 5.21. The molecule has 3 aromatic carbocycles. The van der Waals surface area contributed by atoms with Gasteiger partial charge in [0.15, 0.2) is 0 Å². The second-order valence-corrected chi connectivity index (χ2v) is 7.43. The average molecular weight is 476 g/mol. The Balaban J connectivity index is 0.00000171. The standard InChI is InChI=1S/C25H23ClN2O.2ClH/c1-28-17-16-27-23(22-7-3-4-8-24(22)28)15-12-20-6-2-5-9-25(20)29-18-19-10-13-21(26)14-11-19;;/h2-15H,16-18H2,1H3;2*1H. The molecule has 162 valence electrons. The third kappa shape index (κ3) is 6.27. The molecule has 1 heterocycles. The molecule has 0 unspecified atom stereocenters. The minimum atomic E-state index is 0. The summed E-state index contributed by atoms with van der Waals surface area (Å²) in [5.41, 5.74) is 5.47. The molecule has 1 aliphatic rings. The van der Waals surface area contributed by atoms with E-state index in [4.69, 9.17) is 21.3 Å². The molecule has 0 spiro atoms. The van der Waals surface area contributed by atoms with Crippen LogP contribution in [0.4, 0.5) is 5.69 Å². The van der Waals surface area contributed by atoms with E-state index in [9.17, 15) is 0 Å².